The second-order valence-corrected chi connectivity index (χ2v) is 10.2. The van der Waals surface area contributed by atoms with Gasteiger partial charge in [-0.25, -0.2) is 18.2 Å². The van der Waals surface area contributed by atoms with Crippen LogP contribution in [0.2, 0.25) is 0 Å². The number of piperazine rings is 1. The Morgan fingerprint density at radius 2 is 1.76 bits per heavy atom. The number of benzene rings is 2. The Kier molecular flexibility index (Phi) is 6.95. The van der Waals surface area contributed by atoms with E-state index in [1.165, 1.54) is 12.1 Å². The van der Waals surface area contributed by atoms with Gasteiger partial charge in [-0.2, -0.15) is 5.26 Å². The molecule has 4 rings (SSSR count). The fourth-order valence-electron chi connectivity index (χ4n) is 3.82. The average Bonchev–Trinajstić information content (AvgIpc) is 3.26. The summed E-state index contributed by atoms with van der Waals surface area (Å²) in [7, 11) is -3.50. The monoisotopic (exact) mass is 479 g/mol. The lowest BCUT2D eigenvalue weighted by atomic mass is 10.1. The summed E-state index contributed by atoms with van der Waals surface area (Å²) in [6, 6.07) is 15.8. The lowest BCUT2D eigenvalue weighted by Crippen LogP contribution is -2.49. The first-order valence-corrected chi connectivity index (χ1v) is 12.7. The molecule has 0 saturated carbocycles. The number of aromatic nitrogens is 2. The van der Waals surface area contributed by atoms with Crippen molar-refractivity contribution in [2.75, 3.05) is 32.4 Å². The summed E-state index contributed by atoms with van der Waals surface area (Å²) in [6.45, 7) is 3.62. The molecule has 1 aliphatic heterocycles. The van der Waals surface area contributed by atoms with E-state index in [2.05, 4.69) is 20.5 Å². The summed E-state index contributed by atoms with van der Waals surface area (Å²) in [4.78, 5) is 20.7. The molecule has 1 amide bonds. The molecule has 0 unspecified atom stereocenters. The molecular weight excluding hydrogens is 454 g/mol. The molecule has 0 N–H and O–H groups in total. The van der Waals surface area contributed by atoms with Gasteiger partial charge in [0.1, 0.15) is 4.90 Å². The Morgan fingerprint density at radius 3 is 2.44 bits per heavy atom. The smallest absolute Gasteiger partial charge is 0.409 e. The molecule has 1 saturated heterocycles. The summed E-state index contributed by atoms with van der Waals surface area (Å²) in [6.07, 6.45) is 4.17. The molecule has 1 fully saturated rings. The van der Waals surface area contributed by atoms with Crippen molar-refractivity contribution in [2.24, 2.45) is 0 Å². The Morgan fingerprint density at radius 1 is 1.06 bits per heavy atom. The Hall–Kier alpha value is -3.68. The number of hydrogen-bond acceptors (Lipinski definition) is 7. The quantitative estimate of drug-likeness (QED) is 0.534. The number of para-hydroxylation sites is 1. The maximum Gasteiger partial charge on any atom is 0.415 e. The van der Waals surface area contributed by atoms with Crippen LogP contribution in [0, 0.1) is 11.3 Å². The van der Waals surface area contributed by atoms with E-state index in [0.717, 1.165) is 17.5 Å². The van der Waals surface area contributed by atoms with Crippen LogP contribution in [0.4, 0.5) is 4.79 Å². The van der Waals surface area contributed by atoms with Gasteiger partial charge in [-0.3, -0.25) is 4.90 Å². The number of sulfone groups is 1. The molecule has 1 aliphatic rings. The van der Waals surface area contributed by atoms with Crippen LogP contribution in [0.15, 0.2) is 66.0 Å². The minimum atomic E-state index is -3.50. The fourth-order valence-corrected chi connectivity index (χ4v) is 4.62. The van der Waals surface area contributed by atoms with E-state index < -0.39 is 15.9 Å². The van der Waals surface area contributed by atoms with Crippen LogP contribution in [0.1, 0.15) is 16.8 Å². The fraction of sp³-hybridized carbons (Fsp3) is 0.292. The zero-order valence-electron chi connectivity index (χ0n) is 18.8. The molecule has 10 heteroatoms. The first-order chi connectivity index (χ1) is 16.3. The van der Waals surface area contributed by atoms with E-state index in [9.17, 15) is 13.2 Å². The van der Waals surface area contributed by atoms with Gasteiger partial charge in [-0.1, -0.05) is 24.3 Å². The van der Waals surface area contributed by atoms with Crippen LogP contribution in [-0.4, -0.2) is 66.3 Å². The van der Waals surface area contributed by atoms with Gasteiger partial charge in [-0.05, 0) is 29.8 Å². The molecule has 2 heterocycles. The van der Waals surface area contributed by atoms with E-state index in [1.807, 2.05) is 18.3 Å². The van der Waals surface area contributed by atoms with E-state index in [0.29, 0.717) is 44.8 Å². The third-order valence-electron chi connectivity index (χ3n) is 5.70. The van der Waals surface area contributed by atoms with E-state index in [4.69, 9.17) is 10.00 Å². The first kappa shape index (κ1) is 23.5. The summed E-state index contributed by atoms with van der Waals surface area (Å²) in [5.74, 6) is 0.0455. The number of carbonyl (C=O) groups excluding carboxylic acids is 1. The predicted octanol–water partition coefficient (Wildman–Crippen LogP) is 2.52. The van der Waals surface area contributed by atoms with Crippen molar-refractivity contribution >= 4 is 15.9 Å². The van der Waals surface area contributed by atoms with Crippen molar-refractivity contribution in [3.05, 3.63) is 77.9 Å². The Bertz CT molecular complexity index is 1300. The third-order valence-corrected chi connectivity index (χ3v) is 6.83. The van der Waals surface area contributed by atoms with Gasteiger partial charge in [0.15, 0.2) is 15.6 Å². The average molecular weight is 480 g/mol. The number of imidazole rings is 1. The molecule has 0 bridgehead atoms. The lowest BCUT2D eigenvalue weighted by Gasteiger charge is -2.34. The van der Waals surface area contributed by atoms with Crippen LogP contribution in [0.3, 0.4) is 0 Å². The van der Waals surface area contributed by atoms with Crippen molar-refractivity contribution in [1.82, 2.24) is 19.4 Å². The van der Waals surface area contributed by atoms with Gasteiger partial charge in [0, 0.05) is 51.7 Å². The van der Waals surface area contributed by atoms with Gasteiger partial charge in [0.25, 0.3) is 0 Å². The first-order valence-electron chi connectivity index (χ1n) is 10.8. The minimum absolute atomic E-state index is 0.00230. The van der Waals surface area contributed by atoms with Gasteiger partial charge in [0.05, 0.1) is 23.7 Å². The molecule has 176 valence electrons. The van der Waals surface area contributed by atoms with E-state index in [1.54, 1.807) is 35.5 Å². The third kappa shape index (κ3) is 5.62. The van der Waals surface area contributed by atoms with Crippen molar-refractivity contribution in [3.63, 3.8) is 0 Å². The number of amides is 1. The Balaban J connectivity index is 1.32. The SMILES string of the molecule is CS(=O)(=O)c1ccccc1OC(=O)N1CCN(Cc2cncn2Cc2ccc(C#N)cc2)CC1. The molecule has 0 radical (unpaired) electrons. The summed E-state index contributed by atoms with van der Waals surface area (Å²) in [5.41, 5.74) is 2.77. The molecule has 0 spiro atoms. The van der Waals surface area contributed by atoms with Crippen LogP contribution in [0.5, 0.6) is 5.75 Å². The highest BCUT2D eigenvalue weighted by Crippen LogP contribution is 2.24. The summed E-state index contributed by atoms with van der Waals surface area (Å²) >= 11 is 0. The van der Waals surface area contributed by atoms with E-state index >= 15 is 0 Å². The minimum Gasteiger partial charge on any atom is -0.409 e. The highest BCUT2D eigenvalue weighted by molar-refractivity contribution is 7.90. The molecule has 2 aromatic carbocycles. The number of nitrogens with zero attached hydrogens (tertiary/aromatic N) is 5. The molecule has 1 aromatic heterocycles. The van der Waals surface area contributed by atoms with Gasteiger partial charge in [0.2, 0.25) is 0 Å². The highest BCUT2D eigenvalue weighted by atomic mass is 32.2. The second kappa shape index (κ2) is 10.1. The lowest BCUT2D eigenvalue weighted by molar-refractivity contribution is 0.106. The van der Waals surface area contributed by atoms with Crippen LogP contribution < -0.4 is 4.74 Å². The van der Waals surface area contributed by atoms with Gasteiger partial charge >= 0.3 is 6.09 Å². The number of ether oxygens (including phenoxy) is 1. The zero-order chi connectivity index (χ0) is 24.1. The van der Waals surface area contributed by atoms with Gasteiger partial charge < -0.3 is 14.2 Å². The van der Waals surface area contributed by atoms with Crippen LogP contribution in [-0.2, 0) is 22.9 Å². The highest BCUT2D eigenvalue weighted by Gasteiger charge is 2.25. The standard InChI is InChI=1S/C24H25N5O4S/c1-34(31,32)23-5-3-2-4-22(23)33-24(30)28-12-10-27(11-13-28)17-21-15-26-18-29(21)16-20-8-6-19(14-25)7-9-20/h2-9,15,18H,10-13,16-17H2,1H3. The number of hydrogen-bond donors (Lipinski definition) is 0. The largest absolute Gasteiger partial charge is 0.415 e. The molecule has 0 atom stereocenters. The topological polar surface area (TPSA) is 109 Å². The van der Waals surface area contributed by atoms with E-state index in [-0.39, 0.29) is 10.6 Å². The molecule has 0 aliphatic carbocycles. The summed E-state index contributed by atoms with van der Waals surface area (Å²) < 4.78 is 31.4. The summed E-state index contributed by atoms with van der Waals surface area (Å²) in [5, 5.41) is 8.96. The second-order valence-electron chi connectivity index (χ2n) is 8.17. The maximum absolute atomic E-state index is 12.6. The Labute approximate surface area is 198 Å². The van der Waals surface area contributed by atoms with Crippen molar-refractivity contribution in [1.29, 1.82) is 5.26 Å². The number of rotatable bonds is 6. The number of nitriles is 1. The van der Waals surface area contributed by atoms with Crippen LogP contribution in [0.25, 0.3) is 0 Å². The normalized spacial score (nSPS) is 14.5. The number of carbonyl (C=O) groups is 1. The van der Waals surface area contributed by atoms with Gasteiger partial charge in [-0.15, -0.1) is 0 Å². The van der Waals surface area contributed by atoms with Crippen LogP contribution >= 0.6 is 0 Å². The van der Waals surface area contributed by atoms with Crippen molar-refractivity contribution in [3.8, 4) is 11.8 Å². The predicted molar refractivity (Wildman–Crippen MR) is 125 cm³/mol. The molecule has 34 heavy (non-hydrogen) atoms. The zero-order valence-corrected chi connectivity index (χ0v) is 19.6. The molecule has 3 aromatic rings. The van der Waals surface area contributed by atoms with Crippen molar-refractivity contribution < 1.29 is 17.9 Å². The molecule has 9 nitrogen and oxygen atoms in total. The maximum atomic E-state index is 12.6. The van der Waals surface area contributed by atoms with Crippen molar-refractivity contribution in [2.45, 2.75) is 18.0 Å². The molecular formula is C24H25N5O4S.